The third-order valence-electron chi connectivity index (χ3n) is 3.06. The molecule has 0 atom stereocenters. The topological polar surface area (TPSA) is 64.5 Å². The summed E-state index contributed by atoms with van der Waals surface area (Å²) in [7, 11) is 2.01. The molecule has 0 radical (unpaired) electrons. The monoisotopic (exact) mass is 289 g/mol. The molecule has 0 amide bonds. The third kappa shape index (κ3) is 4.31. The quantitative estimate of drug-likeness (QED) is 0.848. The lowest BCUT2D eigenvalue weighted by atomic mass is 10.1. The van der Waals surface area contributed by atoms with Crippen molar-refractivity contribution in [2.24, 2.45) is 5.73 Å². The summed E-state index contributed by atoms with van der Waals surface area (Å²) in [5.74, 6) is 1.71. The Morgan fingerprint density at radius 2 is 2.00 bits per heavy atom. The van der Waals surface area contributed by atoms with Gasteiger partial charge in [-0.1, -0.05) is 0 Å². The van der Waals surface area contributed by atoms with Crippen molar-refractivity contribution < 1.29 is 9.15 Å². The van der Waals surface area contributed by atoms with Gasteiger partial charge in [-0.25, -0.2) is 4.98 Å². The van der Waals surface area contributed by atoms with Crippen LogP contribution in [0.25, 0.3) is 11.3 Å². The number of hydrogen-bond donors (Lipinski definition) is 1. The van der Waals surface area contributed by atoms with E-state index >= 15 is 0 Å². The molecule has 1 aromatic heterocycles. The molecule has 0 aliphatic carbocycles. The number of ether oxygens (including phenoxy) is 1. The van der Waals surface area contributed by atoms with Crippen molar-refractivity contribution in [2.45, 2.75) is 26.5 Å². The lowest BCUT2D eigenvalue weighted by molar-refractivity contribution is 0.242. The number of hydrogen-bond acceptors (Lipinski definition) is 5. The Morgan fingerprint density at radius 3 is 2.62 bits per heavy atom. The van der Waals surface area contributed by atoms with Crippen molar-refractivity contribution in [1.82, 2.24) is 9.88 Å². The fourth-order valence-corrected chi connectivity index (χ4v) is 2.13. The number of rotatable bonds is 7. The van der Waals surface area contributed by atoms with Gasteiger partial charge in [-0.2, -0.15) is 0 Å². The van der Waals surface area contributed by atoms with E-state index in [2.05, 4.69) is 9.88 Å². The summed E-state index contributed by atoms with van der Waals surface area (Å²) >= 11 is 0. The maximum atomic E-state index is 5.65. The molecule has 2 aromatic rings. The molecular weight excluding hydrogens is 266 g/mol. The van der Waals surface area contributed by atoms with Gasteiger partial charge in [0.15, 0.2) is 6.39 Å². The molecule has 1 heterocycles. The summed E-state index contributed by atoms with van der Waals surface area (Å²) in [6.45, 7) is 6.16. The van der Waals surface area contributed by atoms with Gasteiger partial charge >= 0.3 is 0 Å². The molecule has 21 heavy (non-hydrogen) atoms. The van der Waals surface area contributed by atoms with E-state index in [1.54, 1.807) is 0 Å². The van der Waals surface area contributed by atoms with Crippen LogP contribution in [-0.2, 0) is 6.54 Å². The van der Waals surface area contributed by atoms with Gasteiger partial charge in [-0.3, -0.25) is 4.90 Å². The predicted octanol–water partition coefficient (Wildman–Crippen LogP) is 2.52. The molecule has 0 aliphatic rings. The maximum Gasteiger partial charge on any atom is 0.181 e. The van der Waals surface area contributed by atoms with Crippen LogP contribution >= 0.6 is 0 Å². The molecule has 0 spiro atoms. The van der Waals surface area contributed by atoms with E-state index in [-0.39, 0.29) is 6.10 Å². The molecule has 0 bridgehead atoms. The molecule has 0 aliphatic heterocycles. The van der Waals surface area contributed by atoms with Crippen LogP contribution in [-0.4, -0.2) is 36.1 Å². The molecule has 0 fully saturated rings. The molecule has 5 nitrogen and oxygen atoms in total. The molecule has 114 valence electrons. The van der Waals surface area contributed by atoms with Crippen LogP contribution in [0.1, 0.15) is 19.6 Å². The average molecular weight is 289 g/mol. The zero-order valence-corrected chi connectivity index (χ0v) is 12.9. The molecule has 0 unspecified atom stereocenters. The number of aromatic nitrogens is 1. The summed E-state index contributed by atoms with van der Waals surface area (Å²) in [4.78, 5) is 6.44. The first-order valence-electron chi connectivity index (χ1n) is 7.18. The Labute approximate surface area is 125 Å². The summed E-state index contributed by atoms with van der Waals surface area (Å²) < 4.78 is 11.2. The van der Waals surface area contributed by atoms with Crippen molar-refractivity contribution in [3.63, 3.8) is 0 Å². The smallest absolute Gasteiger partial charge is 0.181 e. The van der Waals surface area contributed by atoms with E-state index in [4.69, 9.17) is 14.9 Å². The van der Waals surface area contributed by atoms with Crippen LogP contribution in [0.3, 0.4) is 0 Å². The van der Waals surface area contributed by atoms with Gasteiger partial charge in [0.05, 0.1) is 12.6 Å². The van der Waals surface area contributed by atoms with E-state index < -0.39 is 0 Å². The van der Waals surface area contributed by atoms with Crippen molar-refractivity contribution >= 4 is 0 Å². The Hall–Kier alpha value is -1.85. The second kappa shape index (κ2) is 7.24. The van der Waals surface area contributed by atoms with E-state index in [1.165, 1.54) is 6.39 Å². The van der Waals surface area contributed by atoms with Gasteiger partial charge in [0, 0.05) is 18.7 Å². The number of oxazole rings is 1. The minimum absolute atomic E-state index is 0.170. The number of likely N-dealkylation sites (N-methyl/N-ethyl adjacent to an activating group) is 1. The molecule has 0 saturated heterocycles. The molecule has 1 aromatic carbocycles. The van der Waals surface area contributed by atoms with Crippen LogP contribution in [0.15, 0.2) is 35.1 Å². The Bertz CT molecular complexity index is 549. The van der Waals surface area contributed by atoms with Crippen molar-refractivity contribution in [1.29, 1.82) is 0 Å². The fraction of sp³-hybridized carbons (Fsp3) is 0.438. The first-order chi connectivity index (χ1) is 10.1. The highest BCUT2D eigenvalue weighted by Gasteiger charge is 2.12. The molecule has 5 heteroatoms. The van der Waals surface area contributed by atoms with Crippen molar-refractivity contribution in [3.8, 4) is 17.0 Å². The van der Waals surface area contributed by atoms with E-state index in [0.29, 0.717) is 13.1 Å². The SMILES string of the molecule is CC(C)Oc1ccc(-c2ncoc2CN(C)CCN)cc1. The Morgan fingerprint density at radius 1 is 1.29 bits per heavy atom. The maximum absolute atomic E-state index is 5.65. The fourth-order valence-electron chi connectivity index (χ4n) is 2.13. The van der Waals surface area contributed by atoms with Crippen LogP contribution < -0.4 is 10.5 Å². The molecule has 2 rings (SSSR count). The van der Waals surface area contributed by atoms with Crippen LogP contribution in [0.2, 0.25) is 0 Å². The van der Waals surface area contributed by atoms with Crippen LogP contribution in [0.5, 0.6) is 5.75 Å². The summed E-state index contributed by atoms with van der Waals surface area (Å²) in [5, 5.41) is 0. The van der Waals surface area contributed by atoms with E-state index in [9.17, 15) is 0 Å². The average Bonchev–Trinajstić information content (AvgIpc) is 2.87. The van der Waals surface area contributed by atoms with Crippen LogP contribution in [0, 0.1) is 0 Å². The van der Waals surface area contributed by atoms with Crippen molar-refractivity contribution in [2.75, 3.05) is 20.1 Å². The van der Waals surface area contributed by atoms with E-state index in [1.807, 2.05) is 45.2 Å². The van der Waals surface area contributed by atoms with Crippen molar-refractivity contribution in [3.05, 3.63) is 36.4 Å². The van der Waals surface area contributed by atoms with Gasteiger partial charge in [-0.15, -0.1) is 0 Å². The summed E-state index contributed by atoms with van der Waals surface area (Å²) in [5.41, 5.74) is 7.46. The summed E-state index contributed by atoms with van der Waals surface area (Å²) in [6.07, 6.45) is 1.66. The third-order valence-corrected chi connectivity index (χ3v) is 3.06. The van der Waals surface area contributed by atoms with Gasteiger partial charge in [0.1, 0.15) is 17.2 Å². The second-order valence-electron chi connectivity index (χ2n) is 5.34. The minimum Gasteiger partial charge on any atom is -0.491 e. The standard InChI is InChI=1S/C16H23N3O2/c1-12(2)21-14-6-4-13(5-7-14)16-15(20-11-18-16)10-19(3)9-8-17/h4-7,11-12H,8-10,17H2,1-3H3. The highest BCUT2D eigenvalue weighted by atomic mass is 16.5. The number of nitrogens with two attached hydrogens (primary N) is 1. The lowest BCUT2D eigenvalue weighted by Gasteiger charge is -2.14. The highest BCUT2D eigenvalue weighted by molar-refractivity contribution is 5.61. The Kier molecular flexibility index (Phi) is 5.36. The highest BCUT2D eigenvalue weighted by Crippen LogP contribution is 2.25. The first kappa shape index (κ1) is 15.5. The van der Waals surface area contributed by atoms with E-state index in [0.717, 1.165) is 29.3 Å². The predicted molar refractivity (Wildman–Crippen MR) is 83.1 cm³/mol. The molecular formula is C16H23N3O2. The van der Waals surface area contributed by atoms with Gasteiger partial charge in [0.2, 0.25) is 0 Å². The summed E-state index contributed by atoms with van der Waals surface area (Å²) in [6, 6.07) is 7.92. The zero-order valence-electron chi connectivity index (χ0n) is 12.9. The van der Waals surface area contributed by atoms with Gasteiger partial charge in [0.25, 0.3) is 0 Å². The van der Waals surface area contributed by atoms with Gasteiger partial charge in [-0.05, 0) is 45.2 Å². The second-order valence-corrected chi connectivity index (χ2v) is 5.34. The first-order valence-corrected chi connectivity index (χ1v) is 7.18. The number of nitrogens with zero attached hydrogens (tertiary/aromatic N) is 2. The molecule has 2 N–H and O–H groups in total. The Balaban J connectivity index is 2.13. The van der Waals surface area contributed by atoms with Gasteiger partial charge < -0.3 is 14.9 Å². The molecule has 0 saturated carbocycles. The normalized spacial score (nSPS) is 11.3. The largest absolute Gasteiger partial charge is 0.491 e. The minimum atomic E-state index is 0.170. The lowest BCUT2D eigenvalue weighted by Crippen LogP contribution is -2.25. The zero-order chi connectivity index (χ0) is 15.2. The van der Waals surface area contributed by atoms with Crippen LogP contribution in [0.4, 0.5) is 0 Å². The number of benzene rings is 1.